The SMILES string of the molecule is CC(C)n1cc(C(O)C(=O)O)c2c(Br)cccc21. The zero-order chi connectivity index (χ0) is 13.4. The zero-order valence-corrected chi connectivity index (χ0v) is 11.7. The summed E-state index contributed by atoms with van der Waals surface area (Å²) >= 11 is 3.41. The molecule has 0 spiro atoms. The van der Waals surface area contributed by atoms with Crippen LogP contribution in [0.25, 0.3) is 10.9 Å². The van der Waals surface area contributed by atoms with E-state index in [1.54, 1.807) is 6.20 Å². The van der Waals surface area contributed by atoms with Gasteiger partial charge in [-0.3, -0.25) is 0 Å². The summed E-state index contributed by atoms with van der Waals surface area (Å²) in [5.41, 5.74) is 1.33. The highest BCUT2D eigenvalue weighted by molar-refractivity contribution is 9.10. The van der Waals surface area contributed by atoms with Gasteiger partial charge < -0.3 is 14.8 Å². The molecule has 1 unspecified atom stereocenters. The number of halogens is 1. The Bertz CT molecular complexity index is 604. The highest BCUT2D eigenvalue weighted by Gasteiger charge is 2.23. The van der Waals surface area contributed by atoms with Crippen molar-refractivity contribution in [3.8, 4) is 0 Å². The summed E-state index contributed by atoms with van der Waals surface area (Å²) in [5, 5.41) is 19.5. The lowest BCUT2D eigenvalue weighted by Gasteiger charge is -2.08. The van der Waals surface area contributed by atoms with Crippen molar-refractivity contribution in [3.05, 3.63) is 34.4 Å². The number of rotatable bonds is 3. The van der Waals surface area contributed by atoms with Crippen LogP contribution in [-0.2, 0) is 4.79 Å². The van der Waals surface area contributed by atoms with Crippen molar-refractivity contribution in [3.63, 3.8) is 0 Å². The molecule has 1 heterocycles. The third kappa shape index (κ3) is 2.04. The summed E-state index contributed by atoms with van der Waals surface area (Å²) in [7, 11) is 0. The van der Waals surface area contributed by atoms with Crippen LogP contribution in [0, 0.1) is 0 Å². The first-order valence-electron chi connectivity index (χ1n) is 5.63. The number of benzene rings is 1. The maximum Gasteiger partial charge on any atom is 0.337 e. The summed E-state index contributed by atoms with van der Waals surface area (Å²) in [5.74, 6) is -1.24. The molecule has 0 fully saturated rings. The number of carboxylic acid groups (broad SMARTS) is 1. The summed E-state index contributed by atoms with van der Waals surface area (Å²) < 4.78 is 2.75. The number of hydrogen-bond donors (Lipinski definition) is 2. The molecule has 0 saturated carbocycles. The van der Waals surface area contributed by atoms with Gasteiger partial charge in [-0.2, -0.15) is 0 Å². The van der Waals surface area contributed by atoms with Crippen LogP contribution >= 0.6 is 15.9 Å². The minimum atomic E-state index is -1.51. The molecule has 0 radical (unpaired) electrons. The summed E-state index contributed by atoms with van der Waals surface area (Å²) in [4.78, 5) is 11.0. The molecule has 4 nitrogen and oxygen atoms in total. The highest BCUT2D eigenvalue weighted by atomic mass is 79.9. The monoisotopic (exact) mass is 311 g/mol. The van der Waals surface area contributed by atoms with E-state index in [0.717, 1.165) is 15.4 Å². The van der Waals surface area contributed by atoms with Gasteiger partial charge in [0, 0.05) is 33.2 Å². The average molecular weight is 312 g/mol. The number of aromatic nitrogens is 1. The van der Waals surface area contributed by atoms with Crippen LogP contribution in [0.2, 0.25) is 0 Å². The molecule has 0 saturated heterocycles. The summed E-state index contributed by atoms with van der Waals surface area (Å²) in [6.45, 7) is 4.02. The third-order valence-corrected chi connectivity index (χ3v) is 3.58. The van der Waals surface area contributed by atoms with E-state index in [1.165, 1.54) is 0 Å². The second-order valence-electron chi connectivity index (χ2n) is 4.46. The largest absolute Gasteiger partial charge is 0.479 e. The fourth-order valence-electron chi connectivity index (χ4n) is 2.07. The summed E-state index contributed by atoms with van der Waals surface area (Å²) in [6, 6.07) is 5.84. The first-order valence-corrected chi connectivity index (χ1v) is 6.42. The predicted molar refractivity (Wildman–Crippen MR) is 72.6 cm³/mol. The van der Waals surface area contributed by atoms with E-state index in [1.807, 2.05) is 36.6 Å². The van der Waals surface area contributed by atoms with Gasteiger partial charge in [-0.05, 0) is 26.0 Å². The van der Waals surface area contributed by atoms with Crippen molar-refractivity contribution < 1.29 is 15.0 Å². The van der Waals surface area contributed by atoms with Gasteiger partial charge in [0.15, 0.2) is 6.10 Å². The Morgan fingerprint density at radius 3 is 2.61 bits per heavy atom. The number of carbonyl (C=O) groups is 1. The average Bonchev–Trinajstić information content (AvgIpc) is 2.68. The van der Waals surface area contributed by atoms with E-state index in [2.05, 4.69) is 15.9 Å². The maximum atomic E-state index is 11.0. The van der Waals surface area contributed by atoms with Gasteiger partial charge >= 0.3 is 5.97 Å². The van der Waals surface area contributed by atoms with Crippen LogP contribution in [0.4, 0.5) is 0 Å². The van der Waals surface area contributed by atoms with Crippen LogP contribution in [0.5, 0.6) is 0 Å². The summed E-state index contributed by atoms with van der Waals surface area (Å²) in [6.07, 6.45) is 0.199. The molecular weight excluding hydrogens is 298 g/mol. The normalized spacial score (nSPS) is 13.2. The molecule has 0 amide bonds. The Hall–Kier alpha value is -1.33. The molecule has 2 rings (SSSR count). The van der Waals surface area contributed by atoms with Gasteiger partial charge in [0.1, 0.15) is 0 Å². The lowest BCUT2D eigenvalue weighted by atomic mass is 10.1. The molecule has 0 aliphatic rings. The molecule has 2 aromatic rings. The van der Waals surface area contributed by atoms with Crippen molar-refractivity contribution >= 4 is 32.8 Å². The van der Waals surface area contributed by atoms with Crippen molar-refractivity contribution in [2.45, 2.75) is 26.0 Å². The quantitative estimate of drug-likeness (QED) is 0.915. The van der Waals surface area contributed by atoms with Crippen LogP contribution in [0.3, 0.4) is 0 Å². The Morgan fingerprint density at radius 2 is 2.06 bits per heavy atom. The zero-order valence-electron chi connectivity index (χ0n) is 10.1. The number of hydrogen-bond acceptors (Lipinski definition) is 2. The van der Waals surface area contributed by atoms with Gasteiger partial charge in [-0.25, -0.2) is 4.79 Å². The molecule has 1 aromatic heterocycles. The van der Waals surface area contributed by atoms with E-state index in [0.29, 0.717) is 5.56 Å². The minimum absolute atomic E-state index is 0.191. The number of nitrogens with zero attached hydrogens (tertiary/aromatic N) is 1. The number of aliphatic hydroxyl groups excluding tert-OH is 1. The van der Waals surface area contributed by atoms with Crippen molar-refractivity contribution in [2.75, 3.05) is 0 Å². The minimum Gasteiger partial charge on any atom is -0.479 e. The predicted octanol–water partition coefficient (Wildman–Crippen LogP) is 3.10. The van der Waals surface area contributed by atoms with Crippen molar-refractivity contribution in [1.82, 2.24) is 4.57 Å². The molecule has 1 aromatic carbocycles. The van der Waals surface area contributed by atoms with E-state index in [4.69, 9.17) is 5.11 Å². The van der Waals surface area contributed by atoms with Crippen LogP contribution in [0.1, 0.15) is 31.6 Å². The molecule has 0 aliphatic heterocycles. The van der Waals surface area contributed by atoms with Crippen molar-refractivity contribution in [2.24, 2.45) is 0 Å². The fourth-order valence-corrected chi connectivity index (χ4v) is 2.65. The van der Waals surface area contributed by atoms with Crippen molar-refractivity contribution in [1.29, 1.82) is 0 Å². The standard InChI is InChI=1S/C13H14BrNO3/c1-7(2)15-6-8(12(16)13(17)18)11-9(14)4-3-5-10(11)15/h3-7,12,16H,1-2H3,(H,17,18). The van der Waals surface area contributed by atoms with Gasteiger partial charge in [0.2, 0.25) is 0 Å². The molecule has 5 heteroatoms. The van der Waals surface area contributed by atoms with Gasteiger partial charge in [0.25, 0.3) is 0 Å². The van der Waals surface area contributed by atoms with Crippen LogP contribution < -0.4 is 0 Å². The first-order chi connectivity index (χ1) is 8.43. The van der Waals surface area contributed by atoms with E-state index >= 15 is 0 Å². The second kappa shape index (κ2) is 4.74. The molecular formula is C13H14BrNO3. The Morgan fingerprint density at radius 1 is 1.39 bits per heavy atom. The lowest BCUT2D eigenvalue weighted by molar-refractivity contribution is -0.146. The van der Waals surface area contributed by atoms with Gasteiger partial charge in [0.05, 0.1) is 0 Å². The van der Waals surface area contributed by atoms with E-state index in [9.17, 15) is 9.90 Å². The Kier molecular flexibility index (Phi) is 3.45. The third-order valence-electron chi connectivity index (χ3n) is 2.92. The highest BCUT2D eigenvalue weighted by Crippen LogP contribution is 2.34. The second-order valence-corrected chi connectivity index (χ2v) is 5.31. The topological polar surface area (TPSA) is 62.5 Å². The Balaban J connectivity index is 2.78. The first kappa shape index (κ1) is 13.1. The number of fused-ring (bicyclic) bond motifs is 1. The Labute approximate surface area is 113 Å². The molecule has 2 N–H and O–H groups in total. The van der Waals surface area contributed by atoms with E-state index < -0.39 is 12.1 Å². The molecule has 1 atom stereocenters. The number of carboxylic acids is 1. The maximum absolute atomic E-state index is 11.0. The number of aliphatic carboxylic acids is 1. The number of aliphatic hydroxyl groups is 1. The van der Waals surface area contributed by atoms with Crippen LogP contribution in [-0.4, -0.2) is 20.7 Å². The fraction of sp³-hybridized carbons (Fsp3) is 0.308. The van der Waals surface area contributed by atoms with Gasteiger partial charge in [-0.15, -0.1) is 0 Å². The molecule has 0 bridgehead atoms. The molecule has 18 heavy (non-hydrogen) atoms. The lowest BCUT2D eigenvalue weighted by Crippen LogP contribution is -2.10. The van der Waals surface area contributed by atoms with Crippen LogP contribution in [0.15, 0.2) is 28.9 Å². The van der Waals surface area contributed by atoms with Gasteiger partial charge in [-0.1, -0.05) is 22.0 Å². The van der Waals surface area contributed by atoms with E-state index in [-0.39, 0.29) is 6.04 Å². The molecule has 0 aliphatic carbocycles. The smallest absolute Gasteiger partial charge is 0.337 e. The molecule has 96 valence electrons.